The lowest BCUT2D eigenvalue weighted by Gasteiger charge is -2.33. The van der Waals surface area contributed by atoms with Crippen LogP contribution in [0.4, 0.5) is 5.00 Å². The van der Waals surface area contributed by atoms with Gasteiger partial charge in [-0.15, -0.1) is 28.1 Å². The Morgan fingerprint density at radius 2 is 2.05 bits per heavy atom. The number of nitriles is 1. The summed E-state index contributed by atoms with van der Waals surface area (Å²) in [6.07, 6.45) is 4.74. The SMILES string of the molecule is C=CCn1c(SCC(=O)Nc2sc3c(c2C#N)CCC(C(C)(C)C)C3)nnc1-c1ccc(C(C)C)cc1. The Labute approximate surface area is 228 Å². The quantitative estimate of drug-likeness (QED) is 0.247. The third-order valence-corrected chi connectivity index (χ3v) is 9.19. The molecule has 1 unspecified atom stereocenters. The number of thiophene rings is 1. The number of allylic oxidation sites excluding steroid dienone is 1. The van der Waals surface area contributed by atoms with Crippen LogP contribution in [0.15, 0.2) is 42.1 Å². The van der Waals surface area contributed by atoms with Crippen LogP contribution < -0.4 is 5.32 Å². The Balaban J connectivity index is 1.46. The van der Waals surface area contributed by atoms with Gasteiger partial charge < -0.3 is 5.32 Å². The number of rotatable bonds is 8. The van der Waals surface area contributed by atoms with E-state index in [1.807, 2.05) is 4.57 Å². The highest BCUT2D eigenvalue weighted by Gasteiger charge is 2.32. The average Bonchev–Trinajstić information content (AvgIpc) is 3.42. The molecule has 1 amide bonds. The molecule has 37 heavy (non-hydrogen) atoms. The maximum absolute atomic E-state index is 12.9. The summed E-state index contributed by atoms with van der Waals surface area (Å²) in [5, 5.41) is 23.0. The van der Waals surface area contributed by atoms with E-state index in [9.17, 15) is 10.1 Å². The second-order valence-electron chi connectivity index (χ2n) is 10.9. The predicted octanol–water partition coefficient (Wildman–Crippen LogP) is 7.07. The van der Waals surface area contributed by atoms with Crippen LogP contribution in [0.2, 0.25) is 0 Å². The molecule has 1 atom stereocenters. The molecule has 0 bridgehead atoms. The van der Waals surface area contributed by atoms with Crippen molar-refractivity contribution in [3.63, 3.8) is 0 Å². The van der Waals surface area contributed by atoms with Crippen LogP contribution in [0.1, 0.15) is 68.5 Å². The van der Waals surface area contributed by atoms with Crippen LogP contribution in [0.25, 0.3) is 11.4 Å². The number of carbonyl (C=O) groups excluding carboxylic acids is 1. The van der Waals surface area contributed by atoms with Crippen molar-refractivity contribution in [2.75, 3.05) is 11.1 Å². The Bertz CT molecular complexity index is 1320. The summed E-state index contributed by atoms with van der Waals surface area (Å²) in [5.74, 6) is 1.82. The Hall–Kier alpha value is -2.89. The lowest BCUT2D eigenvalue weighted by Crippen LogP contribution is -2.26. The fourth-order valence-electron chi connectivity index (χ4n) is 4.74. The van der Waals surface area contributed by atoms with Crippen LogP contribution >= 0.6 is 23.1 Å². The second-order valence-corrected chi connectivity index (χ2v) is 13.0. The van der Waals surface area contributed by atoms with E-state index >= 15 is 0 Å². The van der Waals surface area contributed by atoms with Gasteiger partial charge in [0.25, 0.3) is 0 Å². The van der Waals surface area contributed by atoms with Crippen molar-refractivity contribution >= 4 is 34.0 Å². The standard InChI is InChI=1S/C29H35N5OS2/c1-7-14-34-26(20-10-8-19(9-11-20)18(2)3)32-33-28(34)36-17-25(35)31-27-23(16-30)22-13-12-21(29(4,5)6)15-24(22)37-27/h7-11,18,21H,1,12-15,17H2,2-6H3,(H,31,35). The van der Waals surface area contributed by atoms with Crippen molar-refractivity contribution in [3.8, 4) is 17.5 Å². The molecule has 0 radical (unpaired) electrons. The van der Waals surface area contributed by atoms with Crippen molar-refractivity contribution < 1.29 is 4.79 Å². The average molecular weight is 534 g/mol. The fourth-order valence-corrected chi connectivity index (χ4v) is 6.79. The zero-order valence-electron chi connectivity index (χ0n) is 22.3. The number of hydrogen-bond acceptors (Lipinski definition) is 6. The molecule has 1 aliphatic rings. The minimum atomic E-state index is -0.150. The van der Waals surface area contributed by atoms with Gasteiger partial charge in [0, 0.05) is 17.0 Å². The number of aromatic nitrogens is 3. The van der Waals surface area contributed by atoms with E-state index in [2.05, 4.69) is 87.0 Å². The molecule has 4 rings (SSSR count). The van der Waals surface area contributed by atoms with Gasteiger partial charge >= 0.3 is 0 Å². The smallest absolute Gasteiger partial charge is 0.235 e. The molecule has 0 aliphatic heterocycles. The Morgan fingerprint density at radius 1 is 1.32 bits per heavy atom. The number of hydrogen-bond donors (Lipinski definition) is 1. The lowest BCUT2D eigenvalue weighted by molar-refractivity contribution is -0.113. The summed E-state index contributed by atoms with van der Waals surface area (Å²) < 4.78 is 1.98. The maximum atomic E-state index is 12.9. The number of amides is 1. The number of nitrogens with one attached hydrogen (secondary N) is 1. The summed E-state index contributed by atoms with van der Waals surface area (Å²) >= 11 is 2.90. The second kappa shape index (κ2) is 11.2. The number of nitrogens with zero attached hydrogens (tertiary/aromatic N) is 4. The lowest BCUT2D eigenvalue weighted by atomic mass is 9.72. The molecule has 3 aromatic rings. The first-order chi connectivity index (χ1) is 17.6. The van der Waals surface area contributed by atoms with Gasteiger partial charge in [-0.05, 0) is 47.6 Å². The molecular formula is C29H35N5OS2. The van der Waals surface area contributed by atoms with E-state index in [-0.39, 0.29) is 17.1 Å². The molecule has 6 nitrogen and oxygen atoms in total. The molecule has 0 saturated carbocycles. The molecule has 0 spiro atoms. The number of fused-ring (bicyclic) bond motifs is 1. The Kier molecular flexibility index (Phi) is 8.25. The van der Waals surface area contributed by atoms with Gasteiger partial charge in [0.2, 0.25) is 5.91 Å². The van der Waals surface area contributed by atoms with Crippen molar-refractivity contribution in [3.05, 3.63) is 58.5 Å². The van der Waals surface area contributed by atoms with Gasteiger partial charge in [-0.1, -0.05) is 76.7 Å². The first-order valence-corrected chi connectivity index (χ1v) is 14.5. The van der Waals surface area contributed by atoms with Crippen LogP contribution in [-0.4, -0.2) is 26.4 Å². The normalized spacial score (nSPS) is 15.3. The first-order valence-electron chi connectivity index (χ1n) is 12.7. The van der Waals surface area contributed by atoms with E-state index in [4.69, 9.17) is 0 Å². The molecule has 2 heterocycles. The van der Waals surface area contributed by atoms with E-state index < -0.39 is 0 Å². The number of benzene rings is 1. The molecule has 2 aromatic heterocycles. The maximum Gasteiger partial charge on any atom is 0.235 e. The minimum absolute atomic E-state index is 0.150. The highest BCUT2D eigenvalue weighted by Crippen LogP contribution is 2.44. The van der Waals surface area contributed by atoms with Crippen LogP contribution in [0, 0.1) is 22.7 Å². The van der Waals surface area contributed by atoms with Crippen LogP contribution in [-0.2, 0) is 24.2 Å². The largest absolute Gasteiger partial charge is 0.316 e. The van der Waals surface area contributed by atoms with Gasteiger partial charge in [-0.2, -0.15) is 5.26 Å². The van der Waals surface area contributed by atoms with Gasteiger partial charge in [0.05, 0.1) is 11.3 Å². The van der Waals surface area contributed by atoms with E-state index in [1.165, 1.54) is 22.2 Å². The number of anilines is 1. The highest BCUT2D eigenvalue weighted by molar-refractivity contribution is 7.99. The van der Waals surface area contributed by atoms with Gasteiger partial charge in [0.15, 0.2) is 11.0 Å². The number of carbonyl (C=O) groups is 1. The van der Waals surface area contributed by atoms with E-state index in [0.717, 1.165) is 36.2 Å². The van der Waals surface area contributed by atoms with E-state index in [1.54, 1.807) is 17.4 Å². The van der Waals surface area contributed by atoms with Gasteiger partial charge in [-0.25, -0.2) is 0 Å². The third kappa shape index (κ3) is 6.00. The van der Waals surface area contributed by atoms with Crippen LogP contribution in [0.5, 0.6) is 0 Å². The summed E-state index contributed by atoms with van der Waals surface area (Å²) in [5.41, 5.74) is 4.23. The monoisotopic (exact) mass is 533 g/mol. The first kappa shape index (κ1) is 27.2. The molecule has 0 fully saturated rings. The summed E-state index contributed by atoms with van der Waals surface area (Å²) in [6.45, 7) is 15.6. The summed E-state index contributed by atoms with van der Waals surface area (Å²) in [4.78, 5) is 14.2. The number of thioether (sulfide) groups is 1. The summed E-state index contributed by atoms with van der Waals surface area (Å²) in [7, 11) is 0. The molecular weight excluding hydrogens is 498 g/mol. The molecule has 1 N–H and O–H groups in total. The molecule has 0 saturated heterocycles. The van der Waals surface area contributed by atoms with Crippen molar-refractivity contribution in [1.29, 1.82) is 5.26 Å². The van der Waals surface area contributed by atoms with E-state index in [0.29, 0.717) is 34.1 Å². The molecule has 194 valence electrons. The Morgan fingerprint density at radius 3 is 2.68 bits per heavy atom. The van der Waals surface area contributed by atoms with Crippen LogP contribution in [0.3, 0.4) is 0 Å². The fraction of sp³-hybridized carbons (Fsp3) is 0.448. The van der Waals surface area contributed by atoms with Crippen molar-refractivity contribution in [2.45, 2.75) is 71.5 Å². The topological polar surface area (TPSA) is 83.6 Å². The predicted molar refractivity (Wildman–Crippen MR) is 153 cm³/mol. The van der Waals surface area contributed by atoms with Gasteiger partial charge in [-0.3, -0.25) is 9.36 Å². The molecule has 1 aliphatic carbocycles. The minimum Gasteiger partial charge on any atom is -0.316 e. The zero-order valence-corrected chi connectivity index (χ0v) is 23.9. The molecule has 8 heteroatoms. The highest BCUT2D eigenvalue weighted by atomic mass is 32.2. The van der Waals surface area contributed by atoms with Crippen molar-refractivity contribution in [2.24, 2.45) is 11.3 Å². The third-order valence-electron chi connectivity index (χ3n) is 7.05. The summed E-state index contributed by atoms with van der Waals surface area (Å²) in [6, 6.07) is 10.7. The zero-order chi connectivity index (χ0) is 26.7. The van der Waals surface area contributed by atoms with Crippen molar-refractivity contribution in [1.82, 2.24) is 14.8 Å². The molecule has 1 aromatic carbocycles. The van der Waals surface area contributed by atoms with Gasteiger partial charge in [0.1, 0.15) is 11.1 Å².